The Labute approximate surface area is 178 Å². The predicted octanol–water partition coefficient (Wildman–Crippen LogP) is 4.57. The second kappa shape index (κ2) is 8.96. The summed E-state index contributed by atoms with van der Waals surface area (Å²) in [6.45, 7) is 4.61. The van der Waals surface area contributed by atoms with Gasteiger partial charge in [-0.15, -0.1) is 10.2 Å². The molecule has 30 heavy (non-hydrogen) atoms. The zero-order valence-electron chi connectivity index (χ0n) is 16.7. The van der Waals surface area contributed by atoms with Gasteiger partial charge in [0.1, 0.15) is 0 Å². The summed E-state index contributed by atoms with van der Waals surface area (Å²) in [7, 11) is 0. The number of nitrogens with zero attached hydrogens (tertiary/aromatic N) is 2. The number of benzene rings is 2. The Morgan fingerprint density at radius 3 is 2.17 bits per heavy atom. The first-order valence-electron chi connectivity index (χ1n) is 9.12. The Bertz CT molecular complexity index is 1020. The highest BCUT2D eigenvalue weighted by Gasteiger charge is 2.24. The molecule has 0 saturated carbocycles. The van der Waals surface area contributed by atoms with Crippen LogP contribution in [0.5, 0.6) is 0 Å². The van der Waals surface area contributed by atoms with Crippen LogP contribution >= 0.6 is 11.6 Å². The molecule has 3 rings (SSSR count). The average molecular weight is 429 g/mol. The molecule has 0 atom stereocenters. The average Bonchev–Trinajstić information content (AvgIpc) is 3.16. The maximum absolute atomic E-state index is 12.2. The lowest BCUT2D eigenvalue weighted by Gasteiger charge is -2.16. The van der Waals surface area contributed by atoms with E-state index in [1.54, 1.807) is 20.8 Å². The van der Waals surface area contributed by atoms with E-state index >= 15 is 0 Å². The Morgan fingerprint density at radius 1 is 0.967 bits per heavy atom. The molecule has 8 nitrogen and oxygen atoms in total. The summed E-state index contributed by atoms with van der Waals surface area (Å²) in [5.74, 6) is -1.05. The van der Waals surface area contributed by atoms with Crippen LogP contribution < -0.4 is 5.32 Å². The number of carbonyl (C=O) groups excluding carboxylic acids is 2. The van der Waals surface area contributed by atoms with Crippen molar-refractivity contribution in [2.75, 3.05) is 12.1 Å². The van der Waals surface area contributed by atoms with E-state index in [-0.39, 0.29) is 11.5 Å². The second-order valence-electron chi connectivity index (χ2n) is 7.46. The van der Waals surface area contributed by atoms with Gasteiger partial charge in [-0.2, -0.15) is 5.21 Å². The highest BCUT2D eigenvalue weighted by atomic mass is 35.5. The summed E-state index contributed by atoms with van der Waals surface area (Å²) in [6.07, 6.45) is 0. The number of carbonyl (C=O) groups is 2. The minimum Gasteiger partial charge on any atom is -0.427 e. The van der Waals surface area contributed by atoms with Gasteiger partial charge in [-0.1, -0.05) is 35.9 Å². The Balaban J connectivity index is 1.62. The molecule has 0 aliphatic rings. The lowest BCUT2D eigenvalue weighted by atomic mass is 9.98. The van der Waals surface area contributed by atoms with E-state index < -0.39 is 24.1 Å². The van der Waals surface area contributed by atoms with Crippen molar-refractivity contribution in [1.29, 1.82) is 0 Å². The summed E-state index contributed by atoms with van der Waals surface area (Å²) in [5, 5.41) is 13.8. The quantitative estimate of drug-likeness (QED) is 0.437. The topological polar surface area (TPSA) is 106 Å². The van der Waals surface area contributed by atoms with E-state index in [1.165, 1.54) is 0 Å². The molecule has 0 amide bonds. The van der Waals surface area contributed by atoms with Crippen LogP contribution in [0.1, 0.15) is 31.3 Å². The Hall–Kier alpha value is -3.39. The van der Waals surface area contributed by atoms with E-state index in [1.807, 2.05) is 48.5 Å². The molecule has 0 aliphatic carbocycles. The SMILES string of the molecule is CC(C)(C)C(=O)OCOC(=O)c1n[nH]nc1Nc1ccc(-c2ccc(Cl)cc2)cc1. The van der Waals surface area contributed by atoms with E-state index in [0.29, 0.717) is 10.7 Å². The van der Waals surface area contributed by atoms with Gasteiger partial charge in [-0.3, -0.25) is 4.79 Å². The van der Waals surface area contributed by atoms with Gasteiger partial charge in [0.25, 0.3) is 0 Å². The number of H-pyrrole nitrogens is 1. The summed E-state index contributed by atoms with van der Waals surface area (Å²) in [5.41, 5.74) is 2.00. The number of ether oxygens (including phenoxy) is 2. The highest BCUT2D eigenvalue weighted by Crippen LogP contribution is 2.25. The molecule has 2 N–H and O–H groups in total. The van der Waals surface area contributed by atoms with Crippen LogP contribution in [0.15, 0.2) is 48.5 Å². The zero-order chi connectivity index (χ0) is 21.7. The number of aromatic amines is 1. The van der Waals surface area contributed by atoms with E-state index in [0.717, 1.165) is 11.1 Å². The maximum Gasteiger partial charge on any atom is 0.365 e. The molecule has 1 aromatic heterocycles. The third-order valence-corrected chi connectivity index (χ3v) is 4.31. The van der Waals surface area contributed by atoms with Gasteiger partial charge >= 0.3 is 11.9 Å². The van der Waals surface area contributed by atoms with Crippen LogP contribution in [0.4, 0.5) is 11.5 Å². The number of aromatic nitrogens is 3. The third-order valence-electron chi connectivity index (χ3n) is 4.06. The van der Waals surface area contributed by atoms with Gasteiger partial charge < -0.3 is 14.8 Å². The fourth-order valence-corrected chi connectivity index (χ4v) is 2.53. The van der Waals surface area contributed by atoms with E-state index in [9.17, 15) is 9.59 Å². The largest absolute Gasteiger partial charge is 0.427 e. The van der Waals surface area contributed by atoms with E-state index in [4.69, 9.17) is 21.1 Å². The molecule has 9 heteroatoms. The number of hydrogen-bond acceptors (Lipinski definition) is 7. The molecular weight excluding hydrogens is 408 g/mol. The van der Waals surface area contributed by atoms with Crippen molar-refractivity contribution in [2.45, 2.75) is 20.8 Å². The monoisotopic (exact) mass is 428 g/mol. The number of nitrogens with one attached hydrogen (secondary N) is 2. The Kier molecular flexibility index (Phi) is 6.37. The molecule has 0 unspecified atom stereocenters. The fraction of sp³-hybridized carbons (Fsp3) is 0.238. The van der Waals surface area contributed by atoms with Crippen LogP contribution in [-0.2, 0) is 14.3 Å². The Morgan fingerprint density at radius 2 is 1.57 bits per heavy atom. The molecule has 0 radical (unpaired) electrons. The summed E-state index contributed by atoms with van der Waals surface area (Å²) < 4.78 is 9.89. The second-order valence-corrected chi connectivity index (χ2v) is 7.90. The molecule has 0 saturated heterocycles. The lowest BCUT2D eigenvalue weighted by molar-refractivity contribution is -0.161. The number of rotatable bonds is 6. The fourth-order valence-electron chi connectivity index (χ4n) is 2.41. The van der Waals surface area contributed by atoms with Gasteiger partial charge in [-0.05, 0) is 56.2 Å². The standard InChI is InChI=1S/C21H21ClN4O4/c1-21(2,3)20(28)30-12-29-19(27)17-18(25-26-24-17)23-16-10-6-14(7-11-16)13-4-8-15(22)9-5-13/h4-11H,12H2,1-3H3,(H2,23,24,25,26). The van der Waals surface area contributed by atoms with Gasteiger partial charge in [-0.25, -0.2) is 4.79 Å². The molecule has 3 aromatic rings. The molecule has 1 heterocycles. The van der Waals surface area contributed by atoms with Crippen molar-refractivity contribution >= 4 is 35.0 Å². The van der Waals surface area contributed by atoms with Crippen molar-refractivity contribution in [3.05, 3.63) is 59.2 Å². The lowest BCUT2D eigenvalue weighted by Crippen LogP contribution is -2.24. The first-order valence-corrected chi connectivity index (χ1v) is 9.50. The normalized spacial score (nSPS) is 11.1. The van der Waals surface area contributed by atoms with Crippen LogP contribution in [0.25, 0.3) is 11.1 Å². The molecule has 0 spiro atoms. The first-order chi connectivity index (χ1) is 14.2. The van der Waals surface area contributed by atoms with Gasteiger partial charge in [0.2, 0.25) is 12.5 Å². The number of hydrogen-bond donors (Lipinski definition) is 2. The van der Waals surface area contributed by atoms with Crippen LogP contribution in [-0.4, -0.2) is 34.1 Å². The van der Waals surface area contributed by atoms with Crippen molar-refractivity contribution < 1.29 is 19.1 Å². The molecule has 156 valence electrons. The first kappa shape index (κ1) is 21.3. The van der Waals surface area contributed by atoms with Crippen molar-refractivity contribution in [2.24, 2.45) is 5.41 Å². The maximum atomic E-state index is 12.2. The van der Waals surface area contributed by atoms with Crippen LogP contribution in [0.2, 0.25) is 5.02 Å². The summed E-state index contributed by atoms with van der Waals surface area (Å²) >= 11 is 5.92. The minimum absolute atomic E-state index is 0.0522. The molecular formula is C21H21ClN4O4. The van der Waals surface area contributed by atoms with E-state index in [2.05, 4.69) is 20.7 Å². The molecule has 0 bridgehead atoms. The van der Waals surface area contributed by atoms with Crippen molar-refractivity contribution in [3.8, 4) is 11.1 Å². The number of halogens is 1. The van der Waals surface area contributed by atoms with Crippen molar-refractivity contribution in [1.82, 2.24) is 15.4 Å². The third kappa shape index (κ3) is 5.36. The van der Waals surface area contributed by atoms with Crippen LogP contribution in [0, 0.1) is 5.41 Å². The van der Waals surface area contributed by atoms with Gasteiger partial charge in [0, 0.05) is 10.7 Å². The zero-order valence-corrected chi connectivity index (χ0v) is 17.5. The summed E-state index contributed by atoms with van der Waals surface area (Å²) in [6, 6.07) is 15.1. The number of anilines is 2. The molecule has 0 fully saturated rings. The van der Waals surface area contributed by atoms with Crippen molar-refractivity contribution in [3.63, 3.8) is 0 Å². The minimum atomic E-state index is -0.772. The molecule has 2 aromatic carbocycles. The van der Waals surface area contributed by atoms with Gasteiger partial charge in [0.15, 0.2) is 5.82 Å². The number of esters is 2. The molecule has 0 aliphatic heterocycles. The highest BCUT2D eigenvalue weighted by molar-refractivity contribution is 6.30. The summed E-state index contributed by atoms with van der Waals surface area (Å²) in [4.78, 5) is 23.9. The van der Waals surface area contributed by atoms with Crippen LogP contribution in [0.3, 0.4) is 0 Å². The predicted molar refractivity (Wildman–Crippen MR) is 112 cm³/mol. The smallest absolute Gasteiger partial charge is 0.365 e. The van der Waals surface area contributed by atoms with Gasteiger partial charge in [0.05, 0.1) is 5.41 Å².